The first-order valence-electron chi connectivity index (χ1n) is 7.42. The van der Waals surface area contributed by atoms with Gasteiger partial charge in [0.15, 0.2) is 0 Å². The lowest BCUT2D eigenvalue weighted by molar-refractivity contribution is -0.122. The number of hydrogen-bond donors (Lipinski definition) is 2. The maximum Gasteiger partial charge on any atom is 0.275 e. The van der Waals surface area contributed by atoms with Gasteiger partial charge in [0.25, 0.3) is 5.56 Å². The molecule has 2 aromatic rings. The van der Waals surface area contributed by atoms with Crippen LogP contribution in [-0.4, -0.2) is 33.4 Å². The third-order valence-corrected chi connectivity index (χ3v) is 3.86. The average Bonchev–Trinajstić information content (AvgIpc) is 2.54. The van der Waals surface area contributed by atoms with E-state index in [2.05, 4.69) is 10.4 Å². The highest BCUT2D eigenvalue weighted by atomic mass is 16.3. The molecule has 0 spiro atoms. The minimum atomic E-state index is -0.588. The fourth-order valence-corrected chi connectivity index (χ4v) is 2.12. The Hall–Kier alpha value is -2.21. The first kappa shape index (κ1) is 16.2. The molecule has 2 rings (SSSR count). The van der Waals surface area contributed by atoms with Gasteiger partial charge in [-0.15, -0.1) is 0 Å². The van der Waals surface area contributed by atoms with Gasteiger partial charge in [-0.2, -0.15) is 5.10 Å². The summed E-state index contributed by atoms with van der Waals surface area (Å²) < 4.78 is 1.13. The van der Waals surface area contributed by atoms with Gasteiger partial charge in [-0.05, 0) is 12.0 Å². The van der Waals surface area contributed by atoms with E-state index in [1.54, 1.807) is 24.4 Å². The molecule has 0 radical (unpaired) electrons. The SMILES string of the molecule is CCC(C)C(O)CNC(=O)Cn1ncc2ccccc2c1=O. The smallest absolute Gasteiger partial charge is 0.275 e. The van der Waals surface area contributed by atoms with Crippen LogP contribution in [0.3, 0.4) is 0 Å². The van der Waals surface area contributed by atoms with Crippen LogP contribution in [0.4, 0.5) is 0 Å². The summed E-state index contributed by atoms with van der Waals surface area (Å²) >= 11 is 0. The van der Waals surface area contributed by atoms with Crippen molar-refractivity contribution in [2.45, 2.75) is 32.9 Å². The molecule has 2 unspecified atom stereocenters. The van der Waals surface area contributed by atoms with Crippen molar-refractivity contribution in [1.82, 2.24) is 15.1 Å². The number of aliphatic hydroxyl groups is 1. The molecule has 0 bridgehead atoms. The quantitative estimate of drug-likeness (QED) is 0.831. The number of rotatable bonds is 6. The van der Waals surface area contributed by atoms with Crippen molar-refractivity contribution in [3.63, 3.8) is 0 Å². The number of amides is 1. The normalized spacial score (nSPS) is 13.8. The van der Waals surface area contributed by atoms with Gasteiger partial charge in [0.2, 0.25) is 5.91 Å². The van der Waals surface area contributed by atoms with Crippen LogP contribution in [0, 0.1) is 5.92 Å². The summed E-state index contributed by atoms with van der Waals surface area (Å²) in [7, 11) is 0. The lowest BCUT2D eigenvalue weighted by Crippen LogP contribution is -2.39. The zero-order valence-corrected chi connectivity index (χ0v) is 12.8. The van der Waals surface area contributed by atoms with E-state index in [0.29, 0.717) is 5.39 Å². The Kier molecular flexibility index (Phi) is 5.27. The summed E-state index contributed by atoms with van der Waals surface area (Å²) in [5, 5.41) is 17.7. The number of fused-ring (bicyclic) bond motifs is 1. The molecule has 22 heavy (non-hydrogen) atoms. The molecule has 1 amide bonds. The minimum Gasteiger partial charge on any atom is -0.391 e. The highest BCUT2D eigenvalue weighted by Gasteiger charge is 2.14. The number of aromatic nitrogens is 2. The molecule has 1 heterocycles. The number of carbonyl (C=O) groups excluding carboxylic acids is 1. The zero-order valence-electron chi connectivity index (χ0n) is 12.8. The lowest BCUT2D eigenvalue weighted by atomic mass is 10.0. The van der Waals surface area contributed by atoms with Crippen molar-refractivity contribution < 1.29 is 9.90 Å². The van der Waals surface area contributed by atoms with E-state index < -0.39 is 6.10 Å². The monoisotopic (exact) mass is 303 g/mol. The molecular weight excluding hydrogens is 282 g/mol. The van der Waals surface area contributed by atoms with Gasteiger partial charge in [0.1, 0.15) is 6.54 Å². The third-order valence-electron chi connectivity index (χ3n) is 3.86. The van der Waals surface area contributed by atoms with E-state index in [0.717, 1.165) is 16.5 Å². The van der Waals surface area contributed by atoms with Gasteiger partial charge in [-0.3, -0.25) is 9.59 Å². The molecule has 6 nitrogen and oxygen atoms in total. The summed E-state index contributed by atoms with van der Waals surface area (Å²) in [6.45, 7) is 3.92. The summed E-state index contributed by atoms with van der Waals surface area (Å²) in [4.78, 5) is 24.1. The molecule has 1 aromatic heterocycles. The highest BCUT2D eigenvalue weighted by molar-refractivity contribution is 5.81. The second kappa shape index (κ2) is 7.17. The maximum atomic E-state index is 12.2. The number of benzene rings is 1. The van der Waals surface area contributed by atoms with Crippen LogP contribution in [0.15, 0.2) is 35.3 Å². The van der Waals surface area contributed by atoms with Crippen molar-refractivity contribution in [3.05, 3.63) is 40.8 Å². The largest absolute Gasteiger partial charge is 0.391 e. The standard InChI is InChI=1S/C16H21N3O3/c1-3-11(2)14(20)9-17-15(21)10-19-16(22)13-7-5-4-6-12(13)8-18-19/h4-8,11,14,20H,3,9-10H2,1-2H3,(H,17,21). The Morgan fingerprint density at radius 1 is 1.41 bits per heavy atom. The number of aliphatic hydroxyl groups excluding tert-OH is 1. The summed E-state index contributed by atoms with van der Waals surface area (Å²) in [6, 6.07) is 7.12. The zero-order chi connectivity index (χ0) is 16.1. The molecule has 118 valence electrons. The van der Waals surface area contributed by atoms with E-state index in [1.807, 2.05) is 19.9 Å². The van der Waals surface area contributed by atoms with Gasteiger partial charge in [-0.1, -0.05) is 38.5 Å². The van der Waals surface area contributed by atoms with Crippen LogP contribution in [-0.2, 0) is 11.3 Å². The molecule has 6 heteroatoms. The van der Waals surface area contributed by atoms with Gasteiger partial charge in [-0.25, -0.2) is 4.68 Å². The van der Waals surface area contributed by atoms with Gasteiger partial charge < -0.3 is 10.4 Å². The summed E-state index contributed by atoms with van der Waals surface area (Å²) in [6.07, 6.45) is 1.82. The van der Waals surface area contributed by atoms with E-state index in [9.17, 15) is 14.7 Å². The first-order valence-corrected chi connectivity index (χ1v) is 7.42. The molecule has 0 saturated carbocycles. The van der Waals surface area contributed by atoms with E-state index in [1.165, 1.54) is 0 Å². The molecule has 0 aliphatic carbocycles. The Morgan fingerprint density at radius 3 is 2.86 bits per heavy atom. The Balaban J connectivity index is 2.03. The van der Waals surface area contributed by atoms with E-state index in [4.69, 9.17) is 0 Å². The van der Waals surface area contributed by atoms with E-state index >= 15 is 0 Å². The van der Waals surface area contributed by atoms with Crippen LogP contribution < -0.4 is 10.9 Å². The Morgan fingerprint density at radius 2 is 2.14 bits per heavy atom. The number of hydrogen-bond acceptors (Lipinski definition) is 4. The lowest BCUT2D eigenvalue weighted by Gasteiger charge is -2.17. The summed E-state index contributed by atoms with van der Waals surface area (Å²) in [5.41, 5.74) is -0.296. The number of nitrogens with one attached hydrogen (secondary N) is 1. The Labute approximate surface area is 128 Å². The van der Waals surface area contributed by atoms with Crippen LogP contribution >= 0.6 is 0 Å². The Bertz CT molecular complexity index is 711. The van der Waals surface area contributed by atoms with Crippen molar-refractivity contribution in [1.29, 1.82) is 0 Å². The van der Waals surface area contributed by atoms with Crippen LogP contribution in [0.2, 0.25) is 0 Å². The minimum absolute atomic E-state index is 0.113. The van der Waals surface area contributed by atoms with Gasteiger partial charge in [0, 0.05) is 11.9 Å². The van der Waals surface area contributed by atoms with E-state index in [-0.39, 0.29) is 30.5 Å². The van der Waals surface area contributed by atoms with Crippen LogP contribution in [0.1, 0.15) is 20.3 Å². The first-order chi connectivity index (χ1) is 10.5. The molecule has 2 atom stereocenters. The van der Waals surface area contributed by atoms with Crippen molar-refractivity contribution >= 4 is 16.7 Å². The van der Waals surface area contributed by atoms with Crippen molar-refractivity contribution in [2.24, 2.45) is 5.92 Å². The highest BCUT2D eigenvalue weighted by Crippen LogP contribution is 2.07. The topological polar surface area (TPSA) is 84.2 Å². The number of carbonyl (C=O) groups is 1. The average molecular weight is 303 g/mol. The summed E-state index contributed by atoms with van der Waals surface area (Å²) in [5.74, 6) is -0.228. The fourth-order valence-electron chi connectivity index (χ4n) is 2.12. The fraction of sp³-hybridized carbons (Fsp3) is 0.438. The molecule has 0 aliphatic rings. The molecule has 0 fully saturated rings. The van der Waals surface area contributed by atoms with Gasteiger partial charge >= 0.3 is 0 Å². The van der Waals surface area contributed by atoms with Crippen molar-refractivity contribution in [2.75, 3.05) is 6.54 Å². The molecule has 1 aromatic carbocycles. The van der Waals surface area contributed by atoms with Crippen molar-refractivity contribution in [3.8, 4) is 0 Å². The molecule has 0 aliphatic heterocycles. The number of nitrogens with zero attached hydrogens (tertiary/aromatic N) is 2. The molecule has 0 saturated heterocycles. The predicted octanol–water partition coefficient (Wildman–Crippen LogP) is 0.920. The molecule has 2 N–H and O–H groups in total. The van der Waals surface area contributed by atoms with Crippen LogP contribution in [0.5, 0.6) is 0 Å². The van der Waals surface area contributed by atoms with Gasteiger partial charge in [0.05, 0.1) is 17.7 Å². The second-order valence-corrected chi connectivity index (χ2v) is 5.45. The predicted molar refractivity (Wildman–Crippen MR) is 84.5 cm³/mol. The molecular formula is C16H21N3O3. The van der Waals surface area contributed by atoms with Crippen LogP contribution in [0.25, 0.3) is 10.8 Å². The maximum absolute atomic E-state index is 12.2. The second-order valence-electron chi connectivity index (χ2n) is 5.45. The third kappa shape index (κ3) is 3.71.